The Hall–Kier alpha value is -3.76. The second-order valence-electron chi connectivity index (χ2n) is 7.89. The third-order valence-corrected chi connectivity index (χ3v) is 5.02. The van der Waals surface area contributed by atoms with Crippen LogP contribution >= 0.6 is 0 Å². The minimum atomic E-state index is -4.51. The van der Waals surface area contributed by atoms with E-state index < -0.39 is 29.4 Å². The van der Waals surface area contributed by atoms with E-state index in [9.17, 15) is 27.2 Å². The molecule has 0 spiro atoms. The van der Waals surface area contributed by atoms with Gasteiger partial charge in [-0.25, -0.2) is 14.1 Å². The van der Waals surface area contributed by atoms with E-state index in [0.717, 1.165) is 12.1 Å². The van der Waals surface area contributed by atoms with E-state index in [1.165, 1.54) is 29.1 Å². The number of rotatable bonds is 7. The Balaban J connectivity index is 1.65. The lowest BCUT2D eigenvalue weighted by molar-refractivity contribution is -0.137. The number of carbonyl (C=O) groups excluding carboxylic acids is 2. The van der Waals surface area contributed by atoms with Crippen molar-refractivity contribution in [3.05, 3.63) is 76.5 Å². The first-order valence-corrected chi connectivity index (χ1v) is 10.4. The molecule has 0 bridgehead atoms. The molecule has 2 aromatic heterocycles. The van der Waals surface area contributed by atoms with Crippen molar-refractivity contribution in [2.24, 2.45) is 0 Å². The van der Waals surface area contributed by atoms with E-state index in [-0.39, 0.29) is 36.0 Å². The minimum absolute atomic E-state index is 0.0974. The van der Waals surface area contributed by atoms with Gasteiger partial charge in [0.25, 0.3) is 11.8 Å². The Kier molecular flexibility index (Phi) is 7.33. The molecule has 11 heteroatoms. The maximum Gasteiger partial charge on any atom is 0.417 e. The zero-order chi connectivity index (χ0) is 25.0. The second-order valence-corrected chi connectivity index (χ2v) is 7.89. The lowest BCUT2D eigenvalue weighted by Crippen LogP contribution is -2.35. The first-order chi connectivity index (χ1) is 16.0. The Labute approximate surface area is 193 Å². The topological polar surface area (TPSA) is 88.9 Å². The Morgan fingerprint density at radius 1 is 1.03 bits per heavy atom. The summed E-state index contributed by atoms with van der Waals surface area (Å²) < 4.78 is 53.4. The van der Waals surface area contributed by atoms with Gasteiger partial charge in [0, 0.05) is 24.8 Å². The number of aryl methyl sites for hydroxylation is 1. The molecular formula is C23H23F4N5O2. The number of alkyl halides is 3. The number of halogens is 4. The average Bonchev–Trinajstić information content (AvgIpc) is 3.23. The largest absolute Gasteiger partial charge is 0.417 e. The third-order valence-electron chi connectivity index (χ3n) is 5.02. The van der Waals surface area contributed by atoms with Crippen LogP contribution in [0.3, 0.4) is 0 Å². The molecule has 3 rings (SSSR count). The van der Waals surface area contributed by atoms with E-state index in [4.69, 9.17) is 0 Å². The van der Waals surface area contributed by atoms with Crippen molar-refractivity contribution in [2.75, 3.05) is 13.1 Å². The number of hydrogen-bond donors (Lipinski definition) is 2. The van der Waals surface area contributed by atoms with Crippen LogP contribution in [0.4, 0.5) is 17.6 Å². The van der Waals surface area contributed by atoms with Gasteiger partial charge in [-0.15, -0.1) is 0 Å². The summed E-state index contributed by atoms with van der Waals surface area (Å²) in [6, 6.07) is 6.23. The van der Waals surface area contributed by atoms with Crippen LogP contribution in [0.1, 0.15) is 57.3 Å². The van der Waals surface area contributed by atoms with Crippen LogP contribution in [0, 0.1) is 12.7 Å². The molecule has 0 aliphatic heterocycles. The summed E-state index contributed by atoms with van der Waals surface area (Å²) in [5.41, 5.74) is 0.425. The summed E-state index contributed by atoms with van der Waals surface area (Å²) in [5.74, 6) is -1.46. The van der Waals surface area contributed by atoms with Crippen LogP contribution in [0.2, 0.25) is 0 Å². The molecule has 0 aliphatic rings. The summed E-state index contributed by atoms with van der Waals surface area (Å²) >= 11 is 0. The zero-order valence-corrected chi connectivity index (χ0v) is 18.7. The predicted molar refractivity (Wildman–Crippen MR) is 116 cm³/mol. The highest BCUT2D eigenvalue weighted by Gasteiger charge is 2.31. The molecule has 0 aliphatic carbocycles. The number of nitrogens with zero attached hydrogens (tertiary/aromatic N) is 3. The monoisotopic (exact) mass is 477 g/mol. The molecule has 0 fully saturated rings. The minimum Gasteiger partial charge on any atom is -0.350 e. The van der Waals surface area contributed by atoms with Gasteiger partial charge in [0.05, 0.1) is 23.0 Å². The summed E-state index contributed by atoms with van der Waals surface area (Å²) in [7, 11) is 0. The maximum atomic E-state index is 13.6. The second kappa shape index (κ2) is 10.0. The number of aromatic nitrogens is 3. The fourth-order valence-corrected chi connectivity index (χ4v) is 3.23. The number of amides is 2. The summed E-state index contributed by atoms with van der Waals surface area (Å²) in [6.45, 7) is 5.42. The molecule has 180 valence electrons. The van der Waals surface area contributed by atoms with Crippen molar-refractivity contribution in [3.8, 4) is 5.82 Å². The summed E-state index contributed by atoms with van der Waals surface area (Å²) in [6.07, 6.45) is -2.48. The average molecular weight is 477 g/mol. The quantitative estimate of drug-likeness (QED) is 0.398. The molecule has 0 saturated carbocycles. The van der Waals surface area contributed by atoms with Crippen LogP contribution < -0.4 is 10.6 Å². The molecule has 0 radical (unpaired) electrons. The number of carbonyl (C=O) groups is 2. The van der Waals surface area contributed by atoms with Crippen molar-refractivity contribution in [1.82, 2.24) is 25.4 Å². The first kappa shape index (κ1) is 24.9. The van der Waals surface area contributed by atoms with Gasteiger partial charge in [-0.3, -0.25) is 9.59 Å². The molecule has 2 N–H and O–H groups in total. The number of hydrogen-bond acceptors (Lipinski definition) is 4. The van der Waals surface area contributed by atoms with Crippen LogP contribution in [-0.2, 0) is 6.18 Å². The van der Waals surface area contributed by atoms with Gasteiger partial charge >= 0.3 is 6.18 Å². The molecule has 0 saturated heterocycles. The van der Waals surface area contributed by atoms with Crippen molar-refractivity contribution < 1.29 is 27.2 Å². The Bertz CT molecular complexity index is 1190. The zero-order valence-electron chi connectivity index (χ0n) is 18.7. The Morgan fingerprint density at radius 3 is 2.26 bits per heavy atom. The first-order valence-electron chi connectivity index (χ1n) is 10.4. The normalized spacial score (nSPS) is 11.5. The number of benzene rings is 1. The van der Waals surface area contributed by atoms with Crippen LogP contribution in [0.25, 0.3) is 5.82 Å². The van der Waals surface area contributed by atoms with E-state index in [1.54, 1.807) is 6.92 Å². The van der Waals surface area contributed by atoms with Crippen molar-refractivity contribution in [1.29, 1.82) is 0 Å². The highest BCUT2D eigenvalue weighted by molar-refractivity contribution is 5.96. The van der Waals surface area contributed by atoms with E-state index in [1.807, 2.05) is 13.8 Å². The van der Waals surface area contributed by atoms with Crippen LogP contribution in [0.5, 0.6) is 0 Å². The Morgan fingerprint density at radius 2 is 1.71 bits per heavy atom. The van der Waals surface area contributed by atoms with Crippen molar-refractivity contribution >= 4 is 11.8 Å². The smallest absolute Gasteiger partial charge is 0.350 e. The molecule has 7 nitrogen and oxygen atoms in total. The maximum absolute atomic E-state index is 13.6. The van der Waals surface area contributed by atoms with Gasteiger partial charge in [-0.2, -0.15) is 18.3 Å². The molecule has 34 heavy (non-hydrogen) atoms. The van der Waals surface area contributed by atoms with Crippen LogP contribution in [0.15, 0.2) is 42.7 Å². The molecule has 1 aromatic carbocycles. The number of nitrogens with one attached hydrogen (secondary N) is 2. The number of pyridine rings is 1. The molecule has 0 atom stereocenters. The third kappa shape index (κ3) is 5.59. The van der Waals surface area contributed by atoms with Crippen LogP contribution in [-0.4, -0.2) is 39.7 Å². The van der Waals surface area contributed by atoms with Gasteiger partial charge < -0.3 is 10.6 Å². The fourth-order valence-electron chi connectivity index (χ4n) is 3.23. The van der Waals surface area contributed by atoms with Gasteiger partial charge in [0.15, 0.2) is 5.82 Å². The lowest BCUT2D eigenvalue weighted by Gasteiger charge is -2.13. The highest BCUT2D eigenvalue weighted by Crippen LogP contribution is 2.29. The fraction of sp³-hybridized carbons (Fsp3) is 0.304. The molecule has 2 amide bonds. The van der Waals surface area contributed by atoms with E-state index in [2.05, 4.69) is 20.7 Å². The van der Waals surface area contributed by atoms with Gasteiger partial charge in [0.1, 0.15) is 5.82 Å². The SMILES string of the molecule is Cc1ccc(C(=O)NCCNC(=O)c2cnn(-c3ccc(C(F)(F)F)cn3)c2C(C)C)cc1F. The van der Waals surface area contributed by atoms with Crippen molar-refractivity contribution in [2.45, 2.75) is 32.9 Å². The van der Waals surface area contributed by atoms with E-state index >= 15 is 0 Å². The van der Waals surface area contributed by atoms with Gasteiger partial charge in [-0.1, -0.05) is 19.9 Å². The highest BCUT2D eigenvalue weighted by atomic mass is 19.4. The van der Waals surface area contributed by atoms with E-state index in [0.29, 0.717) is 17.5 Å². The summed E-state index contributed by atoms with van der Waals surface area (Å²) in [5, 5.41) is 9.40. The molecule has 2 heterocycles. The summed E-state index contributed by atoms with van der Waals surface area (Å²) in [4.78, 5) is 28.7. The standard InChI is InChI=1S/C23H23F4N5O2/c1-13(2)20-17(12-31-32(20)19-7-6-16(11-30-19)23(25,26)27)22(34)29-9-8-28-21(33)15-5-4-14(3)18(24)10-15/h4-7,10-13H,8-9H2,1-3H3,(H,28,33)(H,29,34). The van der Waals surface area contributed by atoms with Gasteiger partial charge in [0.2, 0.25) is 0 Å². The van der Waals surface area contributed by atoms with Crippen molar-refractivity contribution in [3.63, 3.8) is 0 Å². The lowest BCUT2D eigenvalue weighted by atomic mass is 10.1. The predicted octanol–water partition coefficient (Wildman–Crippen LogP) is 4.02. The molecule has 0 unspecified atom stereocenters. The molecule has 3 aromatic rings. The molecular weight excluding hydrogens is 454 g/mol. The van der Waals surface area contributed by atoms with Gasteiger partial charge in [-0.05, 0) is 42.7 Å².